The van der Waals surface area contributed by atoms with E-state index < -0.39 is 0 Å². The molecule has 24 heavy (non-hydrogen) atoms. The fourth-order valence-electron chi connectivity index (χ4n) is 2.41. The van der Waals surface area contributed by atoms with Gasteiger partial charge in [0.15, 0.2) is 5.82 Å². The van der Waals surface area contributed by atoms with E-state index in [1.807, 2.05) is 19.0 Å². The average Bonchev–Trinajstić information content (AvgIpc) is 3.23. The highest BCUT2D eigenvalue weighted by atomic mass is 32.1. The predicted molar refractivity (Wildman–Crippen MR) is 91.4 cm³/mol. The molecule has 0 saturated carbocycles. The second kappa shape index (κ2) is 7.04. The number of anilines is 2. The summed E-state index contributed by atoms with van der Waals surface area (Å²) in [5.74, 6) is 1.59. The van der Waals surface area contributed by atoms with Gasteiger partial charge in [-0.15, -0.1) is 5.10 Å². The Morgan fingerprint density at radius 3 is 2.62 bits per heavy atom. The number of aryl methyl sites for hydroxylation is 1. The predicted octanol–water partition coefficient (Wildman–Crippen LogP) is 0.628. The van der Waals surface area contributed by atoms with E-state index in [2.05, 4.69) is 34.8 Å². The largest absolute Gasteiger partial charge is 0.347 e. The van der Waals surface area contributed by atoms with Crippen molar-refractivity contribution in [1.29, 1.82) is 0 Å². The molecule has 0 radical (unpaired) electrons. The Bertz CT molecular complexity index is 725. The summed E-state index contributed by atoms with van der Waals surface area (Å²) < 4.78 is 3.78. The van der Waals surface area contributed by atoms with E-state index in [0.717, 1.165) is 37.5 Å². The van der Waals surface area contributed by atoms with Crippen LogP contribution in [0.15, 0.2) is 0 Å². The number of hydrogen-bond donors (Lipinski definition) is 1. The van der Waals surface area contributed by atoms with E-state index in [1.165, 1.54) is 0 Å². The molecule has 0 atom stereocenters. The molecule has 1 fully saturated rings. The molecule has 1 aliphatic rings. The van der Waals surface area contributed by atoms with Crippen LogP contribution in [0.1, 0.15) is 34.0 Å². The van der Waals surface area contributed by atoms with Gasteiger partial charge < -0.3 is 15.1 Å². The van der Waals surface area contributed by atoms with Crippen LogP contribution in [0, 0.1) is 6.92 Å². The first-order valence-corrected chi connectivity index (χ1v) is 8.56. The van der Waals surface area contributed by atoms with Crippen LogP contribution >= 0.6 is 11.5 Å². The second-order valence-corrected chi connectivity index (χ2v) is 6.56. The molecule has 3 rings (SSSR count). The molecule has 2 aromatic rings. The standard InChI is InChI=1S/C14H20N8OS/c1-9-11(24-20-19-9)12(23)15-8-10-16-13(21(2)3)18-14(17-10)22-6-4-5-7-22/h4-8H2,1-3H3,(H,15,23). The van der Waals surface area contributed by atoms with Gasteiger partial charge in [0.05, 0.1) is 12.2 Å². The molecular formula is C14H20N8OS. The molecule has 0 aliphatic carbocycles. The first-order valence-electron chi connectivity index (χ1n) is 7.79. The molecule has 128 valence electrons. The van der Waals surface area contributed by atoms with Crippen molar-refractivity contribution in [3.8, 4) is 0 Å². The highest BCUT2D eigenvalue weighted by molar-refractivity contribution is 7.07. The molecule has 2 aromatic heterocycles. The molecule has 1 aliphatic heterocycles. The molecule has 9 nitrogen and oxygen atoms in total. The van der Waals surface area contributed by atoms with E-state index in [-0.39, 0.29) is 12.5 Å². The lowest BCUT2D eigenvalue weighted by molar-refractivity contribution is 0.0953. The van der Waals surface area contributed by atoms with Crippen LogP contribution in [0.3, 0.4) is 0 Å². The third-order valence-corrected chi connectivity index (χ3v) is 4.54. The highest BCUT2D eigenvalue weighted by Crippen LogP contribution is 2.18. The van der Waals surface area contributed by atoms with E-state index in [1.54, 1.807) is 6.92 Å². The molecule has 1 N–H and O–H groups in total. The number of aromatic nitrogens is 5. The van der Waals surface area contributed by atoms with Gasteiger partial charge in [0.25, 0.3) is 5.91 Å². The minimum atomic E-state index is -0.211. The van der Waals surface area contributed by atoms with Crippen molar-refractivity contribution >= 4 is 29.3 Å². The van der Waals surface area contributed by atoms with Gasteiger partial charge in [-0.05, 0) is 31.3 Å². The van der Waals surface area contributed by atoms with Crippen LogP contribution in [0.4, 0.5) is 11.9 Å². The lowest BCUT2D eigenvalue weighted by Crippen LogP contribution is -2.27. The maximum Gasteiger partial charge on any atom is 0.265 e. The Hall–Kier alpha value is -2.36. The van der Waals surface area contributed by atoms with E-state index in [4.69, 9.17) is 0 Å². The van der Waals surface area contributed by atoms with Gasteiger partial charge in [0.1, 0.15) is 4.88 Å². The molecular weight excluding hydrogens is 328 g/mol. The third-order valence-electron chi connectivity index (χ3n) is 3.71. The van der Waals surface area contributed by atoms with Crippen molar-refractivity contribution in [1.82, 2.24) is 29.9 Å². The average molecular weight is 348 g/mol. The van der Waals surface area contributed by atoms with Crippen molar-refractivity contribution in [2.24, 2.45) is 0 Å². The summed E-state index contributed by atoms with van der Waals surface area (Å²) in [6, 6.07) is 0. The van der Waals surface area contributed by atoms with E-state index in [0.29, 0.717) is 28.3 Å². The number of amides is 1. The first kappa shape index (κ1) is 16.5. The van der Waals surface area contributed by atoms with Crippen molar-refractivity contribution in [3.05, 3.63) is 16.4 Å². The minimum absolute atomic E-state index is 0.211. The second-order valence-electron chi connectivity index (χ2n) is 5.81. The van der Waals surface area contributed by atoms with Gasteiger partial charge in [-0.25, -0.2) is 0 Å². The maximum atomic E-state index is 12.2. The van der Waals surface area contributed by atoms with Crippen molar-refractivity contribution in [2.45, 2.75) is 26.3 Å². The molecule has 1 amide bonds. The topological polar surface area (TPSA) is 100 Å². The van der Waals surface area contributed by atoms with E-state index in [9.17, 15) is 4.79 Å². The Balaban J connectivity index is 1.76. The third kappa shape index (κ3) is 3.58. The Morgan fingerprint density at radius 2 is 2.00 bits per heavy atom. The molecule has 10 heteroatoms. The number of carbonyl (C=O) groups is 1. The zero-order chi connectivity index (χ0) is 17.1. The quantitative estimate of drug-likeness (QED) is 0.840. The Labute approximate surface area is 144 Å². The SMILES string of the molecule is Cc1nnsc1C(=O)NCc1nc(N(C)C)nc(N2CCCC2)n1. The Morgan fingerprint density at radius 1 is 1.25 bits per heavy atom. The summed E-state index contributed by atoms with van der Waals surface area (Å²) in [4.78, 5) is 30.1. The smallest absolute Gasteiger partial charge is 0.265 e. The summed E-state index contributed by atoms with van der Waals surface area (Å²) in [6.45, 7) is 3.90. The molecule has 1 saturated heterocycles. The number of nitrogens with zero attached hydrogens (tertiary/aromatic N) is 7. The van der Waals surface area contributed by atoms with Gasteiger partial charge in [0.2, 0.25) is 11.9 Å². The van der Waals surface area contributed by atoms with Crippen LogP contribution in [0.2, 0.25) is 0 Å². The van der Waals surface area contributed by atoms with Crippen LogP contribution in [0.5, 0.6) is 0 Å². The zero-order valence-corrected chi connectivity index (χ0v) is 14.8. The van der Waals surface area contributed by atoms with Gasteiger partial charge >= 0.3 is 0 Å². The number of rotatable bonds is 5. The summed E-state index contributed by atoms with van der Waals surface area (Å²) in [5.41, 5.74) is 0.625. The minimum Gasteiger partial charge on any atom is -0.347 e. The van der Waals surface area contributed by atoms with Crippen LogP contribution in [-0.2, 0) is 6.54 Å². The molecule has 0 unspecified atom stereocenters. The van der Waals surface area contributed by atoms with Gasteiger partial charge in [-0.2, -0.15) is 15.0 Å². The summed E-state index contributed by atoms with van der Waals surface area (Å²) in [6.07, 6.45) is 2.29. The lowest BCUT2D eigenvalue weighted by atomic mass is 10.4. The molecule has 0 spiro atoms. The maximum absolute atomic E-state index is 12.2. The molecule has 3 heterocycles. The fourth-order valence-corrected chi connectivity index (χ4v) is 2.99. The molecule has 0 aromatic carbocycles. The zero-order valence-electron chi connectivity index (χ0n) is 14.0. The van der Waals surface area contributed by atoms with E-state index >= 15 is 0 Å². The summed E-state index contributed by atoms with van der Waals surface area (Å²) in [7, 11) is 3.77. The van der Waals surface area contributed by atoms with Gasteiger partial charge in [0, 0.05) is 27.2 Å². The summed E-state index contributed by atoms with van der Waals surface area (Å²) >= 11 is 1.08. The van der Waals surface area contributed by atoms with Crippen LogP contribution in [-0.4, -0.2) is 57.6 Å². The van der Waals surface area contributed by atoms with Crippen molar-refractivity contribution in [2.75, 3.05) is 37.0 Å². The molecule has 0 bridgehead atoms. The van der Waals surface area contributed by atoms with Crippen LogP contribution < -0.4 is 15.1 Å². The normalized spacial score (nSPS) is 14.0. The number of hydrogen-bond acceptors (Lipinski definition) is 9. The van der Waals surface area contributed by atoms with Gasteiger partial charge in [-0.1, -0.05) is 4.49 Å². The first-order chi connectivity index (χ1) is 11.5. The van der Waals surface area contributed by atoms with Crippen molar-refractivity contribution < 1.29 is 4.79 Å². The monoisotopic (exact) mass is 348 g/mol. The number of nitrogens with one attached hydrogen (secondary N) is 1. The fraction of sp³-hybridized carbons (Fsp3) is 0.571. The highest BCUT2D eigenvalue weighted by Gasteiger charge is 2.19. The summed E-state index contributed by atoms with van der Waals surface area (Å²) in [5, 5.41) is 6.68. The Kier molecular flexibility index (Phi) is 4.84. The number of carbonyl (C=O) groups excluding carboxylic acids is 1. The van der Waals surface area contributed by atoms with Gasteiger partial charge in [-0.3, -0.25) is 4.79 Å². The van der Waals surface area contributed by atoms with Crippen molar-refractivity contribution in [3.63, 3.8) is 0 Å². The van der Waals surface area contributed by atoms with Crippen LogP contribution in [0.25, 0.3) is 0 Å². The lowest BCUT2D eigenvalue weighted by Gasteiger charge is -2.18.